The Morgan fingerprint density at radius 2 is 1.67 bits per heavy atom. The Hall–Kier alpha value is -3.38. The van der Waals surface area contributed by atoms with Crippen molar-refractivity contribution in [1.29, 1.82) is 0 Å². The summed E-state index contributed by atoms with van der Waals surface area (Å²) in [5, 5.41) is 2.22. The van der Waals surface area contributed by atoms with Crippen LogP contribution in [0.25, 0.3) is 6.08 Å². The predicted octanol–water partition coefficient (Wildman–Crippen LogP) is 5.32. The molecule has 0 atom stereocenters. The van der Waals surface area contributed by atoms with Crippen molar-refractivity contribution < 1.29 is 28.6 Å². The van der Waals surface area contributed by atoms with E-state index < -0.39 is 17.8 Å². The number of benzene rings is 3. The van der Waals surface area contributed by atoms with Crippen LogP contribution in [0.4, 0.5) is 10.5 Å². The van der Waals surface area contributed by atoms with Gasteiger partial charge in [0.25, 0.3) is 11.8 Å². The van der Waals surface area contributed by atoms with Crippen LogP contribution in [0.2, 0.25) is 0 Å². The van der Waals surface area contributed by atoms with E-state index in [1.807, 2.05) is 24.3 Å². The molecule has 0 saturated carbocycles. The average molecular weight is 663 g/mol. The van der Waals surface area contributed by atoms with Crippen LogP contribution >= 0.6 is 38.5 Å². The smallest absolute Gasteiger partial charge is 0.335 e. The number of ether oxygens (including phenoxy) is 3. The molecule has 1 fully saturated rings. The highest BCUT2D eigenvalue weighted by molar-refractivity contribution is 14.1. The van der Waals surface area contributed by atoms with Crippen LogP contribution in [0, 0.1) is 3.57 Å². The van der Waals surface area contributed by atoms with E-state index in [1.54, 1.807) is 36.4 Å². The summed E-state index contributed by atoms with van der Waals surface area (Å²) >= 11 is 5.52. The van der Waals surface area contributed by atoms with E-state index in [9.17, 15) is 14.4 Å². The number of carbonyl (C=O) groups excluding carboxylic acids is 3. The Labute approximate surface area is 229 Å². The summed E-state index contributed by atoms with van der Waals surface area (Å²) in [7, 11) is 3.03. The number of rotatable bonds is 7. The van der Waals surface area contributed by atoms with Crippen LogP contribution in [-0.4, -0.2) is 32.1 Å². The standard InChI is InChI=1S/C26H20BrIN2O6/c1-34-19-9-7-18(8-10-19)30-25(32)20(24(31)29-26(30)33)11-16-12-21(28)23(22(13-16)35-2)36-14-15-3-5-17(27)6-4-15/h3-13H,14H2,1-2H3,(H,29,31,33)/b20-11+. The van der Waals surface area contributed by atoms with Gasteiger partial charge in [0.2, 0.25) is 0 Å². The Bertz CT molecular complexity index is 1360. The number of nitrogens with one attached hydrogen (secondary N) is 1. The van der Waals surface area contributed by atoms with Crippen LogP contribution in [0.3, 0.4) is 0 Å². The number of methoxy groups -OCH3 is 2. The van der Waals surface area contributed by atoms with E-state index >= 15 is 0 Å². The summed E-state index contributed by atoms with van der Waals surface area (Å²) in [5.74, 6) is 0.0348. The highest BCUT2D eigenvalue weighted by Crippen LogP contribution is 2.35. The minimum absolute atomic E-state index is 0.188. The molecular formula is C26H20BrIN2O6. The molecule has 0 spiro atoms. The number of hydrogen-bond acceptors (Lipinski definition) is 6. The number of hydrogen-bond donors (Lipinski definition) is 1. The normalized spacial score (nSPS) is 14.6. The van der Waals surface area contributed by atoms with Gasteiger partial charge in [0.1, 0.15) is 17.9 Å². The maximum atomic E-state index is 13.2. The molecule has 4 rings (SSSR count). The molecule has 10 heteroatoms. The highest BCUT2D eigenvalue weighted by Gasteiger charge is 2.36. The van der Waals surface area contributed by atoms with Crippen LogP contribution in [-0.2, 0) is 16.2 Å². The van der Waals surface area contributed by atoms with Crippen molar-refractivity contribution in [3.8, 4) is 17.2 Å². The van der Waals surface area contributed by atoms with Gasteiger partial charge in [-0.3, -0.25) is 14.9 Å². The fraction of sp³-hybridized carbons (Fsp3) is 0.115. The van der Waals surface area contributed by atoms with Gasteiger partial charge < -0.3 is 14.2 Å². The molecule has 3 aromatic rings. The molecule has 8 nitrogen and oxygen atoms in total. The zero-order valence-electron chi connectivity index (χ0n) is 19.2. The van der Waals surface area contributed by atoms with Gasteiger partial charge in [-0.1, -0.05) is 28.1 Å². The molecule has 1 N–H and O–H groups in total. The number of halogens is 2. The summed E-state index contributed by atoms with van der Waals surface area (Å²) in [5.41, 5.74) is 1.64. The quantitative estimate of drug-likeness (QED) is 0.209. The van der Waals surface area contributed by atoms with Crippen LogP contribution < -0.4 is 24.4 Å². The lowest BCUT2D eigenvalue weighted by Gasteiger charge is -2.26. The fourth-order valence-corrected chi connectivity index (χ4v) is 4.53. The Balaban J connectivity index is 1.62. The zero-order chi connectivity index (χ0) is 25.8. The lowest BCUT2D eigenvalue weighted by Crippen LogP contribution is -2.54. The number of imide groups is 2. The molecule has 4 amide bonds. The first kappa shape index (κ1) is 25.7. The Kier molecular flexibility index (Phi) is 7.94. The number of urea groups is 1. The SMILES string of the molecule is COc1ccc(N2C(=O)NC(=O)/C(=C\c3cc(I)c(OCc4ccc(Br)cc4)c(OC)c3)C2=O)cc1. The number of amides is 4. The molecule has 1 heterocycles. The van der Waals surface area contributed by atoms with E-state index in [2.05, 4.69) is 43.8 Å². The molecule has 36 heavy (non-hydrogen) atoms. The first-order chi connectivity index (χ1) is 17.3. The van der Waals surface area contributed by atoms with Crippen molar-refractivity contribution in [2.24, 2.45) is 0 Å². The molecule has 0 unspecified atom stereocenters. The molecule has 1 aliphatic rings. The second-order valence-corrected chi connectivity index (χ2v) is 9.68. The summed E-state index contributed by atoms with van der Waals surface area (Å²) in [6.45, 7) is 0.333. The molecule has 0 bridgehead atoms. The molecular weight excluding hydrogens is 643 g/mol. The van der Waals surface area contributed by atoms with Gasteiger partial charge in [-0.25, -0.2) is 9.69 Å². The second kappa shape index (κ2) is 11.1. The predicted molar refractivity (Wildman–Crippen MR) is 146 cm³/mol. The minimum atomic E-state index is -0.823. The van der Waals surface area contributed by atoms with Gasteiger partial charge in [-0.05, 0) is 88.3 Å². The lowest BCUT2D eigenvalue weighted by molar-refractivity contribution is -0.122. The van der Waals surface area contributed by atoms with E-state index in [1.165, 1.54) is 20.3 Å². The summed E-state index contributed by atoms with van der Waals surface area (Å²) < 4.78 is 18.3. The van der Waals surface area contributed by atoms with Crippen molar-refractivity contribution in [2.75, 3.05) is 19.1 Å². The maximum Gasteiger partial charge on any atom is 0.335 e. The molecule has 184 valence electrons. The van der Waals surface area contributed by atoms with Crippen molar-refractivity contribution in [3.63, 3.8) is 0 Å². The van der Waals surface area contributed by atoms with Crippen molar-refractivity contribution in [3.05, 3.63) is 85.4 Å². The summed E-state index contributed by atoms with van der Waals surface area (Å²) in [6.07, 6.45) is 1.42. The van der Waals surface area contributed by atoms with Gasteiger partial charge in [0.15, 0.2) is 11.5 Å². The number of carbonyl (C=O) groups is 3. The third-order valence-corrected chi connectivity index (χ3v) is 6.62. The zero-order valence-corrected chi connectivity index (χ0v) is 23.0. The largest absolute Gasteiger partial charge is 0.497 e. The number of barbiturate groups is 1. The van der Waals surface area contributed by atoms with E-state index in [-0.39, 0.29) is 5.57 Å². The molecule has 0 aliphatic carbocycles. The average Bonchev–Trinajstić information content (AvgIpc) is 2.87. The molecule has 1 aliphatic heterocycles. The monoisotopic (exact) mass is 662 g/mol. The topological polar surface area (TPSA) is 94.2 Å². The maximum absolute atomic E-state index is 13.2. The Morgan fingerprint density at radius 3 is 2.31 bits per heavy atom. The van der Waals surface area contributed by atoms with Crippen molar-refractivity contribution in [1.82, 2.24) is 5.32 Å². The third-order valence-electron chi connectivity index (χ3n) is 5.29. The van der Waals surface area contributed by atoms with Crippen LogP contribution in [0.5, 0.6) is 17.2 Å². The summed E-state index contributed by atoms with van der Waals surface area (Å²) in [4.78, 5) is 39.1. The number of anilines is 1. The van der Waals surface area contributed by atoms with E-state index in [4.69, 9.17) is 14.2 Å². The molecule has 1 saturated heterocycles. The molecule has 0 radical (unpaired) electrons. The van der Waals surface area contributed by atoms with Crippen molar-refractivity contribution in [2.45, 2.75) is 6.61 Å². The molecule has 3 aromatic carbocycles. The van der Waals surface area contributed by atoms with Crippen molar-refractivity contribution >= 4 is 68.1 Å². The van der Waals surface area contributed by atoms with Gasteiger partial charge in [-0.15, -0.1) is 0 Å². The van der Waals surface area contributed by atoms with E-state index in [0.717, 1.165) is 18.5 Å². The number of nitrogens with zero attached hydrogens (tertiary/aromatic N) is 1. The lowest BCUT2D eigenvalue weighted by atomic mass is 10.1. The Morgan fingerprint density at radius 1 is 0.972 bits per heavy atom. The van der Waals surface area contributed by atoms with Gasteiger partial charge in [0.05, 0.1) is 23.5 Å². The first-order valence-corrected chi connectivity index (χ1v) is 12.5. The minimum Gasteiger partial charge on any atom is -0.497 e. The third kappa shape index (κ3) is 5.54. The van der Waals surface area contributed by atoms with Crippen LogP contribution in [0.15, 0.2) is 70.7 Å². The second-order valence-electron chi connectivity index (χ2n) is 7.61. The van der Waals surface area contributed by atoms with Gasteiger partial charge in [0, 0.05) is 4.47 Å². The van der Waals surface area contributed by atoms with Gasteiger partial charge in [-0.2, -0.15) is 0 Å². The van der Waals surface area contributed by atoms with E-state index in [0.29, 0.717) is 35.1 Å². The highest BCUT2D eigenvalue weighted by atomic mass is 127. The van der Waals surface area contributed by atoms with Crippen LogP contribution in [0.1, 0.15) is 11.1 Å². The fourth-order valence-electron chi connectivity index (χ4n) is 3.49. The summed E-state index contributed by atoms with van der Waals surface area (Å²) in [6, 6.07) is 16.7. The molecule has 0 aromatic heterocycles. The first-order valence-electron chi connectivity index (χ1n) is 10.6. The van der Waals surface area contributed by atoms with Gasteiger partial charge >= 0.3 is 6.03 Å².